The highest BCUT2D eigenvalue weighted by Gasteiger charge is 2.15. The fourth-order valence-corrected chi connectivity index (χ4v) is 3.90. The number of rotatable bonds is 7. The van der Waals surface area contributed by atoms with Crippen LogP contribution in [-0.2, 0) is 17.8 Å². The topological polar surface area (TPSA) is 89.8 Å². The predicted molar refractivity (Wildman–Crippen MR) is 122 cm³/mol. The summed E-state index contributed by atoms with van der Waals surface area (Å²) in [6.07, 6.45) is 3.65. The molecular weight excluding hydrogens is 410 g/mol. The summed E-state index contributed by atoms with van der Waals surface area (Å²) in [5.74, 6) is -0.0470. The van der Waals surface area contributed by atoms with Gasteiger partial charge in [0.1, 0.15) is 0 Å². The summed E-state index contributed by atoms with van der Waals surface area (Å²) < 4.78 is 1.58. The summed E-state index contributed by atoms with van der Waals surface area (Å²) in [4.78, 5) is 38.3. The second kappa shape index (κ2) is 9.53. The lowest BCUT2D eigenvalue weighted by Crippen LogP contribution is -2.26. The van der Waals surface area contributed by atoms with Crippen LogP contribution < -0.4 is 10.9 Å². The molecule has 0 aliphatic heterocycles. The molecule has 0 spiro atoms. The molecular formula is C23H21N5O2S. The standard InChI is InChI=1S/C23H21N5O2S/c1-16-7-9-18(10-8-16)26-19(29)15-31-23-27-21-20(24-12-13-25-21)22(30)28(23)14-11-17-5-3-2-4-6-17/h2-10,12-13H,11,14-15H2,1H3,(H,26,29). The van der Waals surface area contributed by atoms with Crippen LogP contribution in [-0.4, -0.2) is 31.2 Å². The molecule has 0 atom stereocenters. The Morgan fingerprint density at radius 3 is 2.55 bits per heavy atom. The number of amides is 1. The van der Waals surface area contributed by atoms with Crippen LogP contribution in [0.15, 0.2) is 76.9 Å². The molecule has 4 aromatic rings. The summed E-state index contributed by atoms with van der Waals surface area (Å²) in [6, 6.07) is 17.5. The first-order chi connectivity index (χ1) is 15.1. The van der Waals surface area contributed by atoms with Gasteiger partial charge in [-0.3, -0.25) is 14.2 Å². The third-order valence-electron chi connectivity index (χ3n) is 4.69. The van der Waals surface area contributed by atoms with Crippen molar-refractivity contribution >= 4 is 34.5 Å². The lowest BCUT2D eigenvalue weighted by Gasteiger charge is -2.12. The molecule has 2 aromatic carbocycles. The van der Waals surface area contributed by atoms with Gasteiger partial charge in [0.05, 0.1) is 5.75 Å². The smallest absolute Gasteiger partial charge is 0.282 e. The van der Waals surface area contributed by atoms with Crippen molar-refractivity contribution in [1.82, 2.24) is 19.5 Å². The number of aryl methyl sites for hydroxylation is 2. The molecule has 0 unspecified atom stereocenters. The molecule has 2 aromatic heterocycles. The minimum Gasteiger partial charge on any atom is -0.325 e. The molecule has 7 nitrogen and oxygen atoms in total. The zero-order valence-corrected chi connectivity index (χ0v) is 17.8. The molecule has 0 saturated heterocycles. The van der Waals surface area contributed by atoms with Gasteiger partial charge in [-0.05, 0) is 31.0 Å². The fourth-order valence-electron chi connectivity index (χ4n) is 3.09. The fraction of sp³-hybridized carbons (Fsp3) is 0.174. The molecule has 2 heterocycles. The summed E-state index contributed by atoms with van der Waals surface area (Å²) in [7, 11) is 0. The summed E-state index contributed by atoms with van der Waals surface area (Å²) in [6.45, 7) is 2.43. The van der Waals surface area contributed by atoms with Crippen molar-refractivity contribution in [3.05, 3.63) is 88.5 Å². The molecule has 0 aliphatic rings. The highest BCUT2D eigenvalue weighted by Crippen LogP contribution is 2.18. The lowest BCUT2D eigenvalue weighted by atomic mass is 10.1. The monoisotopic (exact) mass is 431 g/mol. The number of nitrogens with one attached hydrogen (secondary N) is 1. The Bertz CT molecular complexity index is 1260. The number of anilines is 1. The van der Waals surface area contributed by atoms with Gasteiger partial charge in [0.2, 0.25) is 5.91 Å². The van der Waals surface area contributed by atoms with Gasteiger partial charge in [-0.15, -0.1) is 0 Å². The maximum absolute atomic E-state index is 13.0. The summed E-state index contributed by atoms with van der Waals surface area (Å²) in [5, 5.41) is 3.32. The van der Waals surface area contributed by atoms with Crippen LogP contribution in [0.5, 0.6) is 0 Å². The lowest BCUT2D eigenvalue weighted by molar-refractivity contribution is -0.113. The second-order valence-electron chi connectivity index (χ2n) is 7.02. The minimum absolute atomic E-state index is 0.122. The molecule has 1 N–H and O–H groups in total. The summed E-state index contributed by atoms with van der Waals surface area (Å²) in [5.41, 5.74) is 3.22. The van der Waals surface area contributed by atoms with E-state index in [1.165, 1.54) is 24.2 Å². The van der Waals surface area contributed by atoms with Gasteiger partial charge >= 0.3 is 0 Å². The van der Waals surface area contributed by atoms with Crippen LogP contribution in [0.25, 0.3) is 11.2 Å². The van der Waals surface area contributed by atoms with Crippen molar-refractivity contribution in [3.8, 4) is 0 Å². The first kappa shape index (κ1) is 20.7. The number of carbonyl (C=O) groups excluding carboxylic acids is 1. The Labute approximate surface area is 183 Å². The van der Waals surface area contributed by atoms with Crippen molar-refractivity contribution in [1.29, 1.82) is 0 Å². The van der Waals surface area contributed by atoms with Crippen LogP contribution in [0.1, 0.15) is 11.1 Å². The van der Waals surface area contributed by atoms with E-state index in [0.717, 1.165) is 16.8 Å². The molecule has 4 rings (SSSR count). The van der Waals surface area contributed by atoms with Crippen molar-refractivity contribution in [2.45, 2.75) is 25.0 Å². The van der Waals surface area contributed by atoms with Gasteiger partial charge in [-0.2, -0.15) is 0 Å². The number of fused-ring (bicyclic) bond motifs is 1. The number of hydrogen-bond acceptors (Lipinski definition) is 6. The van der Waals surface area contributed by atoms with Gasteiger partial charge in [0, 0.05) is 24.6 Å². The molecule has 31 heavy (non-hydrogen) atoms. The van der Waals surface area contributed by atoms with E-state index >= 15 is 0 Å². The number of carbonyl (C=O) groups is 1. The molecule has 0 saturated carbocycles. The first-order valence-corrected chi connectivity index (χ1v) is 10.8. The molecule has 0 fully saturated rings. The SMILES string of the molecule is Cc1ccc(NC(=O)CSc2nc3nccnc3c(=O)n2CCc2ccccc2)cc1. The number of nitrogens with zero attached hydrogens (tertiary/aromatic N) is 4. The maximum atomic E-state index is 13.0. The normalized spacial score (nSPS) is 10.9. The maximum Gasteiger partial charge on any atom is 0.282 e. The molecule has 0 aliphatic carbocycles. The summed E-state index contributed by atoms with van der Waals surface area (Å²) >= 11 is 1.21. The van der Waals surface area contributed by atoms with Gasteiger partial charge in [0.25, 0.3) is 5.56 Å². The second-order valence-corrected chi connectivity index (χ2v) is 7.96. The third kappa shape index (κ3) is 5.16. The molecule has 8 heteroatoms. The number of aromatic nitrogens is 4. The molecule has 0 radical (unpaired) electrons. The molecule has 156 valence electrons. The van der Waals surface area contributed by atoms with Crippen LogP contribution in [0.2, 0.25) is 0 Å². The van der Waals surface area contributed by atoms with E-state index in [-0.39, 0.29) is 28.4 Å². The Kier molecular flexibility index (Phi) is 6.37. The largest absolute Gasteiger partial charge is 0.325 e. The molecule has 0 bridgehead atoms. The van der Waals surface area contributed by atoms with E-state index in [4.69, 9.17) is 0 Å². The Balaban J connectivity index is 1.55. The van der Waals surface area contributed by atoms with Gasteiger partial charge in [0.15, 0.2) is 16.3 Å². The van der Waals surface area contributed by atoms with Crippen LogP contribution >= 0.6 is 11.8 Å². The first-order valence-electron chi connectivity index (χ1n) is 9.85. The van der Waals surface area contributed by atoms with E-state index in [2.05, 4.69) is 20.3 Å². The van der Waals surface area contributed by atoms with Crippen molar-refractivity contribution < 1.29 is 4.79 Å². The van der Waals surface area contributed by atoms with E-state index in [9.17, 15) is 9.59 Å². The van der Waals surface area contributed by atoms with Crippen molar-refractivity contribution in [2.24, 2.45) is 0 Å². The Morgan fingerprint density at radius 2 is 1.77 bits per heavy atom. The zero-order chi connectivity index (χ0) is 21.6. The van der Waals surface area contributed by atoms with Gasteiger partial charge < -0.3 is 5.32 Å². The van der Waals surface area contributed by atoms with Crippen molar-refractivity contribution in [2.75, 3.05) is 11.1 Å². The Morgan fingerprint density at radius 1 is 1.03 bits per heavy atom. The van der Waals surface area contributed by atoms with E-state index in [0.29, 0.717) is 18.1 Å². The van der Waals surface area contributed by atoms with Crippen LogP contribution in [0, 0.1) is 6.92 Å². The quantitative estimate of drug-likeness (QED) is 0.356. The average molecular weight is 432 g/mol. The van der Waals surface area contributed by atoms with Crippen LogP contribution in [0.3, 0.4) is 0 Å². The van der Waals surface area contributed by atoms with Crippen LogP contribution in [0.4, 0.5) is 5.69 Å². The Hall–Kier alpha value is -3.52. The van der Waals surface area contributed by atoms with E-state index < -0.39 is 0 Å². The van der Waals surface area contributed by atoms with E-state index in [1.807, 2.05) is 61.5 Å². The number of benzene rings is 2. The zero-order valence-electron chi connectivity index (χ0n) is 17.0. The number of thioether (sulfide) groups is 1. The predicted octanol–water partition coefficient (Wildman–Crippen LogP) is 3.47. The highest BCUT2D eigenvalue weighted by molar-refractivity contribution is 7.99. The van der Waals surface area contributed by atoms with Gasteiger partial charge in [-0.1, -0.05) is 59.8 Å². The average Bonchev–Trinajstić information content (AvgIpc) is 2.79. The van der Waals surface area contributed by atoms with Crippen molar-refractivity contribution in [3.63, 3.8) is 0 Å². The third-order valence-corrected chi connectivity index (χ3v) is 5.67. The minimum atomic E-state index is -0.254. The van der Waals surface area contributed by atoms with Gasteiger partial charge in [-0.25, -0.2) is 15.0 Å². The number of hydrogen-bond donors (Lipinski definition) is 1. The van der Waals surface area contributed by atoms with E-state index in [1.54, 1.807) is 4.57 Å². The molecule has 1 amide bonds. The highest BCUT2D eigenvalue weighted by atomic mass is 32.2.